The maximum absolute atomic E-state index is 12.7. The highest BCUT2D eigenvalue weighted by Gasteiger charge is 2.31. The summed E-state index contributed by atoms with van der Waals surface area (Å²) in [5.41, 5.74) is 1.91. The van der Waals surface area contributed by atoms with Gasteiger partial charge in [-0.15, -0.1) is 0 Å². The minimum atomic E-state index is 0.0787. The van der Waals surface area contributed by atoms with Crippen LogP contribution in [0.25, 0.3) is 0 Å². The van der Waals surface area contributed by atoms with Crippen LogP contribution in [0.3, 0.4) is 0 Å². The lowest BCUT2D eigenvalue weighted by Crippen LogP contribution is -2.51. The molecule has 7 nitrogen and oxygen atoms in total. The molecule has 2 aliphatic rings. The summed E-state index contributed by atoms with van der Waals surface area (Å²) in [5, 5.41) is 3.08. The van der Waals surface area contributed by atoms with E-state index >= 15 is 0 Å². The lowest BCUT2D eigenvalue weighted by atomic mass is 9.93. The van der Waals surface area contributed by atoms with Gasteiger partial charge in [-0.2, -0.15) is 0 Å². The van der Waals surface area contributed by atoms with Crippen molar-refractivity contribution in [2.45, 2.75) is 45.2 Å². The van der Waals surface area contributed by atoms with E-state index < -0.39 is 0 Å². The van der Waals surface area contributed by atoms with Crippen LogP contribution in [0.4, 0.5) is 5.82 Å². The third-order valence-electron chi connectivity index (χ3n) is 6.09. The first-order valence-corrected chi connectivity index (χ1v) is 10.6. The number of nitrogens with zero attached hydrogens (tertiary/aromatic N) is 5. The Kier molecular flexibility index (Phi) is 6.34. The Bertz CT molecular complexity index is 806. The molecule has 0 radical (unpaired) electrons. The Labute approximate surface area is 172 Å². The quantitative estimate of drug-likeness (QED) is 0.838. The molecule has 2 aromatic rings. The van der Waals surface area contributed by atoms with E-state index in [2.05, 4.69) is 36.1 Å². The number of amides is 1. The SMILES string of the molecule is Cc1cc(N2CCC(N3CCC[C@@H](C(=O)NCc4ccccn4)C3)CC2)ncn1. The molecule has 1 N–H and O–H groups in total. The van der Waals surface area contributed by atoms with E-state index in [0.29, 0.717) is 12.6 Å². The molecule has 0 aliphatic carbocycles. The molecule has 4 rings (SSSR count). The second-order valence-electron chi connectivity index (χ2n) is 8.11. The van der Waals surface area contributed by atoms with Crippen molar-refractivity contribution >= 4 is 11.7 Å². The van der Waals surface area contributed by atoms with Crippen LogP contribution < -0.4 is 10.2 Å². The highest BCUT2D eigenvalue weighted by molar-refractivity contribution is 5.78. The van der Waals surface area contributed by atoms with Crippen LogP contribution in [0, 0.1) is 12.8 Å². The molecule has 2 aliphatic heterocycles. The molecule has 1 atom stereocenters. The predicted molar refractivity (Wildman–Crippen MR) is 112 cm³/mol. The molecule has 2 saturated heterocycles. The van der Waals surface area contributed by atoms with Gasteiger partial charge in [0.1, 0.15) is 12.1 Å². The van der Waals surface area contributed by atoms with Gasteiger partial charge in [0, 0.05) is 43.6 Å². The highest BCUT2D eigenvalue weighted by atomic mass is 16.1. The van der Waals surface area contributed by atoms with Crippen molar-refractivity contribution in [3.8, 4) is 0 Å². The number of nitrogens with one attached hydrogen (secondary N) is 1. The van der Waals surface area contributed by atoms with E-state index in [0.717, 1.165) is 69.1 Å². The fourth-order valence-corrected chi connectivity index (χ4v) is 4.45. The molecule has 7 heteroatoms. The van der Waals surface area contributed by atoms with Gasteiger partial charge in [0.05, 0.1) is 18.2 Å². The Balaban J connectivity index is 1.27. The first-order valence-electron chi connectivity index (χ1n) is 10.6. The van der Waals surface area contributed by atoms with Crippen molar-refractivity contribution in [1.29, 1.82) is 0 Å². The van der Waals surface area contributed by atoms with Crippen molar-refractivity contribution in [3.63, 3.8) is 0 Å². The Hall–Kier alpha value is -2.54. The molecule has 2 aromatic heterocycles. The first kappa shape index (κ1) is 19.8. The molecular formula is C22H30N6O. The maximum atomic E-state index is 12.7. The number of pyridine rings is 1. The number of piperidine rings is 2. The number of aromatic nitrogens is 3. The van der Waals surface area contributed by atoms with Gasteiger partial charge in [0.2, 0.25) is 5.91 Å². The van der Waals surface area contributed by atoms with Gasteiger partial charge in [0.25, 0.3) is 0 Å². The standard InChI is InChI=1S/C22H30N6O/c1-17-13-21(26-16-25-17)27-11-7-20(8-12-27)28-10-4-5-18(15-28)22(29)24-14-19-6-2-3-9-23-19/h2-3,6,9,13,16,18,20H,4-5,7-8,10-12,14-15H2,1H3,(H,24,29)/t18-/m1/s1. The second-order valence-corrected chi connectivity index (χ2v) is 8.11. The number of carbonyl (C=O) groups excluding carboxylic acids is 1. The highest BCUT2D eigenvalue weighted by Crippen LogP contribution is 2.26. The lowest BCUT2D eigenvalue weighted by Gasteiger charge is -2.42. The third-order valence-corrected chi connectivity index (χ3v) is 6.09. The number of anilines is 1. The van der Waals surface area contributed by atoms with Gasteiger partial charge in [-0.25, -0.2) is 9.97 Å². The van der Waals surface area contributed by atoms with E-state index in [1.54, 1.807) is 12.5 Å². The van der Waals surface area contributed by atoms with Crippen molar-refractivity contribution in [3.05, 3.63) is 48.2 Å². The third kappa shape index (κ3) is 5.09. The zero-order valence-corrected chi connectivity index (χ0v) is 17.1. The fourth-order valence-electron chi connectivity index (χ4n) is 4.45. The summed E-state index contributed by atoms with van der Waals surface area (Å²) in [6.45, 7) is 6.49. The normalized spacial score (nSPS) is 21.1. The van der Waals surface area contributed by atoms with E-state index in [-0.39, 0.29) is 11.8 Å². The number of likely N-dealkylation sites (tertiary alicyclic amines) is 1. The van der Waals surface area contributed by atoms with Gasteiger partial charge in [-0.1, -0.05) is 6.07 Å². The molecule has 29 heavy (non-hydrogen) atoms. The van der Waals surface area contributed by atoms with Crippen molar-refractivity contribution in [2.75, 3.05) is 31.1 Å². The number of aryl methyl sites for hydroxylation is 1. The monoisotopic (exact) mass is 394 g/mol. The maximum Gasteiger partial charge on any atom is 0.224 e. The number of carbonyl (C=O) groups is 1. The summed E-state index contributed by atoms with van der Waals surface area (Å²) in [6, 6.07) is 8.40. The van der Waals surface area contributed by atoms with Gasteiger partial charge in [-0.05, 0) is 51.3 Å². The lowest BCUT2D eigenvalue weighted by molar-refractivity contribution is -0.127. The van der Waals surface area contributed by atoms with Crippen molar-refractivity contribution in [1.82, 2.24) is 25.2 Å². The molecule has 0 unspecified atom stereocenters. The van der Waals surface area contributed by atoms with Gasteiger partial charge >= 0.3 is 0 Å². The largest absolute Gasteiger partial charge is 0.356 e. The molecule has 0 saturated carbocycles. The van der Waals surface area contributed by atoms with Gasteiger partial charge in [0.15, 0.2) is 0 Å². The van der Waals surface area contributed by atoms with E-state index in [4.69, 9.17) is 0 Å². The van der Waals surface area contributed by atoms with Crippen LogP contribution in [-0.4, -0.2) is 58.0 Å². The summed E-state index contributed by atoms with van der Waals surface area (Å²) in [6.07, 6.45) is 7.71. The number of rotatable bonds is 5. The molecule has 2 fully saturated rings. The second kappa shape index (κ2) is 9.31. The van der Waals surface area contributed by atoms with Crippen LogP contribution in [0.15, 0.2) is 36.8 Å². The van der Waals surface area contributed by atoms with E-state index in [1.807, 2.05) is 25.1 Å². The smallest absolute Gasteiger partial charge is 0.224 e. The van der Waals surface area contributed by atoms with E-state index in [1.165, 1.54) is 0 Å². The van der Waals surface area contributed by atoms with Crippen LogP contribution in [0.2, 0.25) is 0 Å². The van der Waals surface area contributed by atoms with E-state index in [9.17, 15) is 4.79 Å². The fraction of sp³-hybridized carbons (Fsp3) is 0.545. The van der Waals surface area contributed by atoms with Crippen LogP contribution in [0.1, 0.15) is 37.1 Å². The summed E-state index contributed by atoms with van der Waals surface area (Å²) >= 11 is 0. The van der Waals surface area contributed by atoms with Crippen molar-refractivity contribution < 1.29 is 4.79 Å². The average Bonchev–Trinajstić information content (AvgIpc) is 2.78. The molecule has 154 valence electrons. The molecule has 4 heterocycles. The Morgan fingerprint density at radius 2 is 2.00 bits per heavy atom. The van der Waals surface area contributed by atoms with Crippen LogP contribution >= 0.6 is 0 Å². The minimum absolute atomic E-state index is 0.0787. The zero-order valence-electron chi connectivity index (χ0n) is 17.1. The summed E-state index contributed by atoms with van der Waals surface area (Å²) in [5.74, 6) is 1.27. The molecule has 0 spiro atoms. The summed E-state index contributed by atoms with van der Waals surface area (Å²) in [7, 11) is 0. The van der Waals surface area contributed by atoms with Gasteiger partial charge in [-0.3, -0.25) is 14.7 Å². The summed E-state index contributed by atoms with van der Waals surface area (Å²) in [4.78, 5) is 30.5. The Morgan fingerprint density at radius 3 is 2.76 bits per heavy atom. The average molecular weight is 395 g/mol. The molecule has 0 aromatic carbocycles. The Morgan fingerprint density at radius 1 is 1.14 bits per heavy atom. The molecule has 1 amide bonds. The number of hydrogen-bond donors (Lipinski definition) is 1. The predicted octanol–water partition coefficient (Wildman–Crippen LogP) is 2.18. The minimum Gasteiger partial charge on any atom is -0.356 e. The topological polar surface area (TPSA) is 74.2 Å². The molecular weight excluding hydrogens is 364 g/mol. The zero-order chi connectivity index (χ0) is 20.1. The summed E-state index contributed by atoms with van der Waals surface area (Å²) < 4.78 is 0. The van der Waals surface area contributed by atoms with Crippen molar-refractivity contribution in [2.24, 2.45) is 5.92 Å². The van der Waals surface area contributed by atoms with Crippen LogP contribution in [-0.2, 0) is 11.3 Å². The van der Waals surface area contributed by atoms with Gasteiger partial charge < -0.3 is 10.2 Å². The first-order chi connectivity index (χ1) is 14.2. The molecule has 0 bridgehead atoms. The van der Waals surface area contributed by atoms with Crippen LogP contribution in [0.5, 0.6) is 0 Å². The number of hydrogen-bond acceptors (Lipinski definition) is 6.